The van der Waals surface area contributed by atoms with Crippen LogP contribution in [0.3, 0.4) is 0 Å². The van der Waals surface area contributed by atoms with E-state index in [1.54, 1.807) is 4.90 Å². The van der Waals surface area contributed by atoms with Gasteiger partial charge in [0.2, 0.25) is 21.9 Å². The van der Waals surface area contributed by atoms with Crippen LogP contribution in [0.4, 0.5) is 5.95 Å². The second kappa shape index (κ2) is 5.13. The smallest absolute Gasteiger partial charge is 0.244 e. The third-order valence-corrected chi connectivity index (χ3v) is 4.21. The Bertz CT molecular complexity index is 560. The number of hydrogen-bond donors (Lipinski definition) is 1. The van der Waals surface area contributed by atoms with Crippen LogP contribution in [0, 0.1) is 0 Å². The maximum atomic E-state index is 12.0. The molecular formula is C9H16N6O3S. The monoisotopic (exact) mass is 288 g/mol. The number of anilines is 1. The number of nitrogen functional groups attached to an aromatic ring is 1. The Labute approximate surface area is 111 Å². The van der Waals surface area contributed by atoms with E-state index in [2.05, 4.69) is 10.1 Å². The molecule has 1 amide bonds. The number of rotatable bonds is 3. The summed E-state index contributed by atoms with van der Waals surface area (Å²) < 4.78 is 25.4. The van der Waals surface area contributed by atoms with Gasteiger partial charge >= 0.3 is 0 Å². The van der Waals surface area contributed by atoms with E-state index in [0.717, 1.165) is 0 Å². The van der Waals surface area contributed by atoms with Crippen LogP contribution in [0.2, 0.25) is 0 Å². The maximum Gasteiger partial charge on any atom is 0.244 e. The van der Waals surface area contributed by atoms with Gasteiger partial charge in [-0.2, -0.15) is 4.31 Å². The highest BCUT2D eigenvalue weighted by molar-refractivity contribution is 7.88. The number of amides is 1. The van der Waals surface area contributed by atoms with Crippen LogP contribution >= 0.6 is 0 Å². The minimum absolute atomic E-state index is 0.0586. The van der Waals surface area contributed by atoms with Gasteiger partial charge in [0.1, 0.15) is 12.9 Å². The van der Waals surface area contributed by atoms with Crippen molar-refractivity contribution in [1.82, 2.24) is 24.0 Å². The predicted octanol–water partition coefficient (Wildman–Crippen LogP) is -2.04. The van der Waals surface area contributed by atoms with Gasteiger partial charge in [-0.05, 0) is 0 Å². The van der Waals surface area contributed by atoms with Crippen molar-refractivity contribution in [2.24, 2.45) is 0 Å². The average Bonchev–Trinajstić information content (AvgIpc) is 2.74. The average molecular weight is 288 g/mol. The Kier molecular flexibility index (Phi) is 3.71. The van der Waals surface area contributed by atoms with Gasteiger partial charge in [-0.25, -0.2) is 18.1 Å². The quantitative estimate of drug-likeness (QED) is 0.685. The van der Waals surface area contributed by atoms with Crippen LogP contribution < -0.4 is 5.73 Å². The van der Waals surface area contributed by atoms with E-state index >= 15 is 0 Å². The molecule has 0 atom stereocenters. The molecule has 0 aromatic carbocycles. The van der Waals surface area contributed by atoms with Crippen molar-refractivity contribution in [1.29, 1.82) is 0 Å². The van der Waals surface area contributed by atoms with Crippen LogP contribution in [0.5, 0.6) is 0 Å². The lowest BCUT2D eigenvalue weighted by molar-refractivity contribution is -0.133. The molecule has 9 nitrogen and oxygen atoms in total. The van der Waals surface area contributed by atoms with E-state index in [4.69, 9.17) is 5.73 Å². The van der Waals surface area contributed by atoms with Crippen LogP contribution in [0.25, 0.3) is 0 Å². The number of hydrogen-bond acceptors (Lipinski definition) is 6. The van der Waals surface area contributed by atoms with Crippen LogP contribution in [0.1, 0.15) is 0 Å². The van der Waals surface area contributed by atoms with Crippen molar-refractivity contribution in [2.45, 2.75) is 6.54 Å². The van der Waals surface area contributed by atoms with Gasteiger partial charge in [0.05, 0.1) is 6.26 Å². The first kappa shape index (κ1) is 13.7. The summed E-state index contributed by atoms with van der Waals surface area (Å²) in [7, 11) is -3.18. The van der Waals surface area contributed by atoms with E-state index in [9.17, 15) is 13.2 Å². The van der Waals surface area contributed by atoms with Crippen molar-refractivity contribution in [3.05, 3.63) is 6.33 Å². The Morgan fingerprint density at radius 3 is 2.47 bits per heavy atom. The topological polar surface area (TPSA) is 114 Å². The molecule has 2 heterocycles. The van der Waals surface area contributed by atoms with Crippen LogP contribution in [0.15, 0.2) is 6.33 Å². The standard InChI is InChI=1S/C9H16N6O3S/c1-19(17,18)15-4-2-13(3-5-15)8(16)6-14-7-11-9(10)12-14/h7H,2-6H2,1H3,(H2,10,12). The zero-order valence-corrected chi connectivity index (χ0v) is 11.4. The van der Waals surface area contributed by atoms with Gasteiger partial charge in [-0.15, -0.1) is 5.10 Å². The molecule has 19 heavy (non-hydrogen) atoms. The lowest BCUT2D eigenvalue weighted by Crippen LogP contribution is -2.51. The number of nitrogens with two attached hydrogens (primary N) is 1. The summed E-state index contributed by atoms with van der Waals surface area (Å²) in [4.78, 5) is 17.3. The molecule has 1 aliphatic rings. The van der Waals surface area contributed by atoms with Crippen LogP contribution in [-0.4, -0.2) is 70.7 Å². The number of carbonyl (C=O) groups excluding carboxylic acids is 1. The maximum absolute atomic E-state index is 12.0. The SMILES string of the molecule is CS(=O)(=O)N1CCN(C(=O)Cn2cnc(N)n2)CC1. The largest absolute Gasteiger partial charge is 0.367 e. The molecule has 0 spiro atoms. The molecule has 106 valence electrons. The molecule has 1 aliphatic heterocycles. The first-order valence-corrected chi connectivity index (χ1v) is 7.59. The minimum Gasteiger partial charge on any atom is -0.367 e. The fraction of sp³-hybridized carbons (Fsp3) is 0.667. The van der Waals surface area contributed by atoms with Gasteiger partial charge in [0.15, 0.2) is 0 Å². The summed E-state index contributed by atoms with van der Waals surface area (Å²) in [6.07, 6.45) is 2.56. The Morgan fingerprint density at radius 2 is 2.00 bits per heavy atom. The molecule has 2 N–H and O–H groups in total. The zero-order chi connectivity index (χ0) is 14.0. The molecule has 10 heteroatoms. The summed E-state index contributed by atoms with van der Waals surface area (Å²) in [6, 6.07) is 0. The summed E-state index contributed by atoms with van der Waals surface area (Å²) in [5.74, 6) is -0.00672. The molecule has 1 fully saturated rings. The van der Waals surface area contributed by atoms with E-state index in [1.807, 2.05) is 0 Å². The molecule has 2 rings (SSSR count). The highest BCUT2D eigenvalue weighted by Crippen LogP contribution is 2.06. The van der Waals surface area contributed by atoms with Gasteiger partial charge in [0.25, 0.3) is 0 Å². The van der Waals surface area contributed by atoms with Crippen molar-refractivity contribution < 1.29 is 13.2 Å². The third-order valence-electron chi connectivity index (χ3n) is 2.91. The molecule has 0 unspecified atom stereocenters. The van der Waals surface area contributed by atoms with Crippen LogP contribution in [-0.2, 0) is 21.4 Å². The zero-order valence-electron chi connectivity index (χ0n) is 10.6. The normalized spacial score (nSPS) is 17.6. The molecule has 1 aromatic rings. The first-order chi connectivity index (χ1) is 8.86. The number of sulfonamides is 1. The number of carbonyl (C=O) groups is 1. The third kappa shape index (κ3) is 3.41. The molecular weight excluding hydrogens is 272 g/mol. The van der Waals surface area contributed by atoms with Crippen molar-refractivity contribution in [3.8, 4) is 0 Å². The highest BCUT2D eigenvalue weighted by Gasteiger charge is 2.26. The van der Waals surface area contributed by atoms with E-state index < -0.39 is 10.0 Å². The highest BCUT2D eigenvalue weighted by atomic mass is 32.2. The number of aromatic nitrogens is 3. The Hall–Kier alpha value is -1.68. The summed E-state index contributed by atoms with van der Waals surface area (Å²) in [5, 5.41) is 3.83. The number of nitrogens with zero attached hydrogens (tertiary/aromatic N) is 5. The van der Waals surface area contributed by atoms with Crippen molar-refractivity contribution in [2.75, 3.05) is 38.2 Å². The van der Waals surface area contributed by atoms with Gasteiger partial charge < -0.3 is 10.6 Å². The minimum atomic E-state index is -3.18. The lowest BCUT2D eigenvalue weighted by atomic mass is 10.3. The van der Waals surface area contributed by atoms with E-state index in [-0.39, 0.29) is 18.4 Å². The van der Waals surface area contributed by atoms with Crippen molar-refractivity contribution in [3.63, 3.8) is 0 Å². The fourth-order valence-corrected chi connectivity index (χ4v) is 2.72. The summed E-state index contributed by atoms with van der Waals surface area (Å²) >= 11 is 0. The lowest BCUT2D eigenvalue weighted by Gasteiger charge is -2.33. The fourth-order valence-electron chi connectivity index (χ4n) is 1.89. The van der Waals surface area contributed by atoms with Crippen molar-refractivity contribution >= 4 is 21.9 Å². The molecule has 0 bridgehead atoms. The molecule has 1 saturated heterocycles. The second-order valence-corrected chi connectivity index (χ2v) is 6.33. The second-order valence-electron chi connectivity index (χ2n) is 4.34. The van der Waals surface area contributed by atoms with Gasteiger partial charge in [-0.1, -0.05) is 0 Å². The summed E-state index contributed by atoms with van der Waals surface area (Å²) in [5.41, 5.74) is 5.36. The Morgan fingerprint density at radius 1 is 1.37 bits per heavy atom. The van der Waals surface area contributed by atoms with Gasteiger partial charge in [-0.3, -0.25) is 4.79 Å². The van der Waals surface area contributed by atoms with E-state index in [1.165, 1.54) is 21.6 Å². The predicted molar refractivity (Wildman–Crippen MR) is 67.4 cm³/mol. The van der Waals surface area contributed by atoms with Gasteiger partial charge in [0, 0.05) is 26.2 Å². The molecule has 0 saturated carbocycles. The van der Waals surface area contributed by atoms with E-state index in [0.29, 0.717) is 26.2 Å². The molecule has 0 aliphatic carbocycles. The summed E-state index contributed by atoms with van der Waals surface area (Å²) in [6.45, 7) is 1.48. The first-order valence-electron chi connectivity index (χ1n) is 5.74. The number of piperazine rings is 1. The Balaban J connectivity index is 1.89. The molecule has 1 aromatic heterocycles. The molecule has 0 radical (unpaired) electrons.